The minimum Gasteiger partial charge on any atom is -0.455 e. The fourth-order valence-electron chi connectivity index (χ4n) is 2.61. The Morgan fingerprint density at radius 1 is 1.36 bits per heavy atom. The zero-order chi connectivity index (χ0) is 16.2. The second kappa shape index (κ2) is 7.28. The van der Waals surface area contributed by atoms with E-state index in [0.717, 1.165) is 18.8 Å². The molecule has 22 heavy (non-hydrogen) atoms. The number of rotatable bonds is 7. The number of hydrogen-bond donors (Lipinski definition) is 1. The van der Waals surface area contributed by atoms with E-state index in [1.165, 1.54) is 0 Å². The third-order valence-electron chi connectivity index (χ3n) is 4.04. The van der Waals surface area contributed by atoms with Gasteiger partial charge in [0.15, 0.2) is 15.6 Å². The van der Waals surface area contributed by atoms with Crippen molar-refractivity contribution in [3.8, 4) is 0 Å². The van der Waals surface area contributed by atoms with Crippen LogP contribution in [-0.4, -0.2) is 50.4 Å². The first kappa shape index (κ1) is 17.0. The molecule has 0 aliphatic carbocycles. The maximum absolute atomic E-state index is 12.0. The topological polar surface area (TPSA) is 79.6 Å². The Balaban J connectivity index is 1.84. The van der Waals surface area contributed by atoms with Gasteiger partial charge in [0.05, 0.1) is 18.1 Å². The maximum atomic E-state index is 12.0. The lowest BCUT2D eigenvalue weighted by molar-refractivity contribution is 0.0917. The minimum absolute atomic E-state index is 0.0130. The van der Waals surface area contributed by atoms with E-state index < -0.39 is 9.84 Å². The molecule has 2 heterocycles. The molecule has 1 N–H and O–H groups in total. The van der Waals surface area contributed by atoms with Gasteiger partial charge in [0, 0.05) is 6.54 Å². The van der Waals surface area contributed by atoms with Crippen molar-refractivity contribution in [2.45, 2.75) is 26.8 Å². The van der Waals surface area contributed by atoms with Crippen molar-refractivity contribution >= 4 is 15.7 Å². The van der Waals surface area contributed by atoms with Gasteiger partial charge < -0.3 is 9.73 Å². The van der Waals surface area contributed by atoms with Crippen molar-refractivity contribution in [1.82, 2.24) is 10.2 Å². The molecule has 0 spiro atoms. The van der Waals surface area contributed by atoms with E-state index in [-0.39, 0.29) is 29.1 Å². The van der Waals surface area contributed by atoms with E-state index in [1.54, 1.807) is 6.07 Å². The number of nitrogens with one attached hydrogen (secondary N) is 1. The van der Waals surface area contributed by atoms with Crippen LogP contribution >= 0.6 is 0 Å². The molecule has 1 atom stereocenters. The predicted molar refractivity (Wildman–Crippen MR) is 84.4 cm³/mol. The molecular weight excluding hydrogens is 304 g/mol. The van der Waals surface area contributed by atoms with Gasteiger partial charge in [-0.25, -0.2) is 8.42 Å². The van der Waals surface area contributed by atoms with Gasteiger partial charge in [-0.2, -0.15) is 0 Å². The molecule has 1 saturated heterocycles. The Hall–Kier alpha value is -1.34. The van der Waals surface area contributed by atoms with Crippen LogP contribution in [0.4, 0.5) is 0 Å². The highest BCUT2D eigenvalue weighted by molar-refractivity contribution is 7.91. The molecule has 7 heteroatoms. The Morgan fingerprint density at radius 2 is 2.09 bits per heavy atom. The maximum Gasteiger partial charge on any atom is 0.287 e. The van der Waals surface area contributed by atoms with Crippen molar-refractivity contribution < 1.29 is 17.6 Å². The van der Waals surface area contributed by atoms with Crippen LogP contribution in [0.5, 0.6) is 0 Å². The quantitative estimate of drug-likeness (QED) is 0.816. The number of nitrogens with zero attached hydrogens (tertiary/aromatic N) is 1. The van der Waals surface area contributed by atoms with Gasteiger partial charge in [0.1, 0.15) is 5.76 Å². The summed E-state index contributed by atoms with van der Waals surface area (Å²) in [6, 6.07) is 3.48. The second-order valence-corrected chi connectivity index (χ2v) is 7.94. The highest BCUT2D eigenvalue weighted by Crippen LogP contribution is 2.17. The average Bonchev–Trinajstić information content (AvgIpc) is 3.08. The molecule has 2 rings (SSSR count). The summed E-state index contributed by atoms with van der Waals surface area (Å²) in [5, 5.41) is 2.76. The van der Waals surface area contributed by atoms with Gasteiger partial charge in [0.25, 0.3) is 5.91 Å². The SMILES string of the molecule is CCN(CC)Cc1ccc(C(=O)NC[C@H]2CCS(=O)(=O)C2)o1. The number of amides is 1. The molecule has 1 fully saturated rings. The van der Waals surface area contributed by atoms with Crippen LogP contribution in [0.1, 0.15) is 36.6 Å². The first-order valence-electron chi connectivity index (χ1n) is 7.73. The summed E-state index contributed by atoms with van der Waals surface area (Å²) in [5.74, 6) is 1.16. The highest BCUT2D eigenvalue weighted by atomic mass is 32.2. The van der Waals surface area contributed by atoms with Crippen LogP contribution < -0.4 is 5.32 Å². The summed E-state index contributed by atoms with van der Waals surface area (Å²) in [7, 11) is -2.90. The summed E-state index contributed by atoms with van der Waals surface area (Å²) in [6.45, 7) is 7.07. The fraction of sp³-hybridized carbons (Fsp3) is 0.667. The molecule has 124 valence electrons. The number of furan rings is 1. The molecule has 0 bridgehead atoms. The van der Waals surface area contributed by atoms with E-state index in [2.05, 4.69) is 24.1 Å². The monoisotopic (exact) mass is 328 g/mol. The largest absolute Gasteiger partial charge is 0.455 e. The molecule has 1 aromatic rings. The number of carbonyl (C=O) groups is 1. The van der Waals surface area contributed by atoms with E-state index in [4.69, 9.17) is 4.42 Å². The van der Waals surface area contributed by atoms with Gasteiger partial charge in [-0.05, 0) is 37.6 Å². The summed E-state index contributed by atoms with van der Waals surface area (Å²) < 4.78 is 28.3. The molecule has 1 aliphatic rings. The molecule has 6 nitrogen and oxygen atoms in total. The minimum atomic E-state index is -2.90. The summed E-state index contributed by atoms with van der Waals surface area (Å²) in [6.07, 6.45) is 0.619. The van der Waals surface area contributed by atoms with E-state index in [0.29, 0.717) is 19.5 Å². The van der Waals surface area contributed by atoms with Crippen LogP contribution in [0.15, 0.2) is 16.5 Å². The van der Waals surface area contributed by atoms with Crippen LogP contribution in [0.3, 0.4) is 0 Å². The molecule has 0 saturated carbocycles. The molecule has 1 aromatic heterocycles. The third kappa shape index (κ3) is 4.58. The van der Waals surface area contributed by atoms with Crippen LogP contribution in [0, 0.1) is 5.92 Å². The van der Waals surface area contributed by atoms with E-state index in [1.807, 2.05) is 6.07 Å². The summed E-state index contributed by atoms with van der Waals surface area (Å²) in [4.78, 5) is 14.2. The highest BCUT2D eigenvalue weighted by Gasteiger charge is 2.28. The van der Waals surface area contributed by atoms with Crippen molar-refractivity contribution in [3.63, 3.8) is 0 Å². The summed E-state index contributed by atoms with van der Waals surface area (Å²) >= 11 is 0. The first-order valence-corrected chi connectivity index (χ1v) is 9.55. The third-order valence-corrected chi connectivity index (χ3v) is 5.87. The van der Waals surface area contributed by atoms with Gasteiger partial charge in [-0.1, -0.05) is 13.8 Å². The molecular formula is C15H24N2O4S. The van der Waals surface area contributed by atoms with E-state index in [9.17, 15) is 13.2 Å². The lowest BCUT2D eigenvalue weighted by atomic mass is 10.1. The zero-order valence-electron chi connectivity index (χ0n) is 13.2. The smallest absolute Gasteiger partial charge is 0.287 e. The van der Waals surface area contributed by atoms with Crippen molar-refractivity contribution in [1.29, 1.82) is 0 Å². The number of carbonyl (C=O) groups excluding carboxylic acids is 1. The van der Waals surface area contributed by atoms with E-state index >= 15 is 0 Å². The van der Waals surface area contributed by atoms with Crippen molar-refractivity contribution in [2.24, 2.45) is 5.92 Å². The average molecular weight is 328 g/mol. The molecule has 0 aromatic carbocycles. The van der Waals surface area contributed by atoms with Gasteiger partial charge >= 0.3 is 0 Å². The van der Waals surface area contributed by atoms with Gasteiger partial charge in [0.2, 0.25) is 0 Å². The van der Waals surface area contributed by atoms with Gasteiger partial charge in [-0.15, -0.1) is 0 Å². The van der Waals surface area contributed by atoms with Gasteiger partial charge in [-0.3, -0.25) is 9.69 Å². The van der Waals surface area contributed by atoms with Crippen molar-refractivity contribution in [2.75, 3.05) is 31.1 Å². The number of hydrogen-bond acceptors (Lipinski definition) is 5. The fourth-order valence-corrected chi connectivity index (χ4v) is 4.47. The summed E-state index contributed by atoms with van der Waals surface area (Å²) in [5.41, 5.74) is 0. The van der Waals surface area contributed by atoms with Crippen molar-refractivity contribution in [3.05, 3.63) is 23.7 Å². The molecule has 1 amide bonds. The van der Waals surface area contributed by atoms with Crippen LogP contribution in [0.2, 0.25) is 0 Å². The Morgan fingerprint density at radius 3 is 2.68 bits per heavy atom. The lowest BCUT2D eigenvalue weighted by Gasteiger charge is -2.15. The Labute approximate surface area is 131 Å². The zero-order valence-corrected chi connectivity index (χ0v) is 14.0. The molecule has 0 unspecified atom stereocenters. The van der Waals surface area contributed by atoms with Crippen LogP contribution in [-0.2, 0) is 16.4 Å². The normalized spacial score (nSPS) is 20.4. The first-order chi connectivity index (χ1) is 10.4. The molecule has 0 radical (unpaired) electrons. The Bertz CT molecular complexity index is 605. The number of sulfone groups is 1. The molecule has 1 aliphatic heterocycles. The standard InChI is InChI=1S/C15H24N2O4S/c1-3-17(4-2)10-13-5-6-14(21-13)15(18)16-9-12-7-8-22(19,20)11-12/h5-6,12H,3-4,7-11H2,1-2H3,(H,16,18)/t12-/m1/s1. The second-order valence-electron chi connectivity index (χ2n) is 5.71. The Kier molecular flexibility index (Phi) is 5.63. The lowest BCUT2D eigenvalue weighted by Crippen LogP contribution is -2.29. The predicted octanol–water partition coefficient (Wildman–Crippen LogP) is 1.29. The van der Waals surface area contributed by atoms with Crippen LogP contribution in [0.25, 0.3) is 0 Å².